The zero-order chi connectivity index (χ0) is 34.2. The number of fused-ring (bicyclic) bond motifs is 2. The van der Waals surface area contributed by atoms with Crippen LogP contribution in [-0.2, 0) is 27.9 Å². The van der Waals surface area contributed by atoms with Crippen molar-refractivity contribution in [1.29, 1.82) is 0 Å². The molecule has 2 saturated heterocycles. The highest BCUT2D eigenvalue weighted by Crippen LogP contribution is 2.36. The molecule has 0 spiro atoms. The summed E-state index contributed by atoms with van der Waals surface area (Å²) in [5.74, 6) is 2.39. The van der Waals surface area contributed by atoms with Gasteiger partial charge in [0, 0.05) is 44.8 Å². The predicted octanol–water partition coefficient (Wildman–Crippen LogP) is 3.53. The normalized spacial score (nSPS) is 18.8. The van der Waals surface area contributed by atoms with Crippen molar-refractivity contribution in [1.82, 2.24) is 24.5 Å². The Morgan fingerprint density at radius 2 is 1.52 bits per heavy atom. The molecule has 4 aliphatic heterocycles. The number of benzene rings is 3. The standard InChI is InChI=1S/C35H35FN6O7S/c36-25-5-7-27(8-6-25)50(44,45)42-11-1-2-29(42)34(43)37-19-26-18-28(24-4-10-31-33(17-24)49-22-47-31)39-35(38-26)41-14-12-40(13-15-41)20-23-3-9-30-32(16-23)48-21-46-30/h3-10,16-18,29H,1-2,11-15,19-22H2,(H,37,43)/t29-/m0/s1. The fourth-order valence-electron chi connectivity index (χ4n) is 6.65. The fraction of sp³-hybridized carbons (Fsp3) is 0.343. The van der Waals surface area contributed by atoms with E-state index in [1.807, 2.05) is 36.4 Å². The van der Waals surface area contributed by atoms with Crippen molar-refractivity contribution in [2.24, 2.45) is 0 Å². The summed E-state index contributed by atoms with van der Waals surface area (Å²) in [7, 11) is -3.99. The van der Waals surface area contributed by atoms with Crippen molar-refractivity contribution in [2.45, 2.75) is 36.9 Å². The Bertz CT molecular complexity index is 2020. The SMILES string of the molecule is O=C(NCc1cc(-c2ccc3c(c2)OCO3)nc(N2CCN(Cc3ccc4c(c3)OCO4)CC2)n1)[C@@H]1CCCN1S(=O)(=O)c1ccc(F)cc1. The van der Waals surface area contributed by atoms with E-state index in [-0.39, 0.29) is 31.6 Å². The van der Waals surface area contributed by atoms with Gasteiger partial charge in [0.25, 0.3) is 0 Å². The van der Waals surface area contributed by atoms with Gasteiger partial charge in [0.15, 0.2) is 23.0 Å². The molecule has 2 fully saturated rings. The Kier molecular flexibility index (Phi) is 8.62. The van der Waals surface area contributed by atoms with Crippen LogP contribution in [0.1, 0.15) is 24.1 Å². The number of amides is 1. The average Bonchev–Trinajstić information content (AvgIpc) is 3.92. The van der Waals surface area contributed by atoms with Crippen LogP contribution in [0.4, 0.5) is 10.3 Å². The van der Waals surface area contributed by atoms with Gasteiger partial charge in [-0.05, 0) is 79.1 Å². The van der Waals surface area contributed by atoms with Crippen LogP contribution >= 0.6 is 0 Å². The minimum atomic E-state index is -3.99. The topological polar surface area (TPSA) is 136 Å². The van der Waals surface area contributed by atoms with Gasteiger partial charge in [-0.15, -0.1) is 0 Å². The summed E-state index contributed by atoms with van der Waals surface area (Å²) in [5, 5.41) is 2.92. The lowest BCUT2D eigenvalue weighted by Gasteiger charge is -2.35. The molecule has 0 saturated carbocycles. The van der Waals surface area contributed by atoms with Crippen LogP contribution in [0.3, 0.4) is 0 Å². The zero-order valence-electron chi connectivity index (χ0n) is 27.1. The van der Waals surface area contributed by atoms with Crippen LogP contribution in [0, 0.1) is 5.82 Å². The summed E-state index contributed by atoms with van der Waals surface area (Å²) in [6.45, 7) is 4.40. The van der Waals surface area contributed by atoms with Crippen LogP contribution in [0.2, 0.25) is 0 Å². The summed E-state index contributed by atoms with van der Waals surface area (Å²) in [4.78, 5) is 27.7. The molecule has 15 heteroatoms. The number of aromatic nitrogens is 2. The number of sulfonamides is 1. The molecule has 5 heterocycles. The number of hydrogen-bond acceptors (Lipinski definition) is 11. The highest BCUT2D eigenvalue weighted by Gasteiger charge is 2.39. The third kappa shape index (κ3) is 6.51. The summed E-state index contributed by atoms with van der Waals surface area (Å²) in [6, 6.07) is 17.2. The first-order valence-corrected chi connectivity index (χ1v) is 17.9. The van der Waals surface area contributed by atoms with E-state index < -0.39 is 27.8 Å². The molecule has 1 atom stereocenters. The fourth-order valence-corrected chi connectivity index (χ4v) is 8.31. The van der Waals surface area contributed by atoms with Gasteiger partial charge in [0.2, 0.25) is 35.5 Å². The van der Waals surface area contributed by atoms with Crippen molar-refractivity contribution in [3.05, 3.63) is 83.8 Å². The van der Waals surface area contributed by atoms with E-state index in [2.05, 4.69) is 21.2 Å². The molecule has 0 unspecified atom stereocenters. The van der Waals surface area contributed by atoms with Crippen molar-refractivity contribution in [2.75, 3.05) is 51.2 Å². The molecule has 0 aliphatic carbocycles. The van der Waals surface area contributed by atoms with E-state index in [1.165, 1.54) is 16.4 Å². The summed E-state index contributed by atoms with van der Waals surface area (Å²) < 4.78 is 63.5. The Morgan fingerprint density at radius 3 is 2.28 bits per heavy atom. The molecule has 1 N–H and O–H groups in total. The maximum Gasteiger partial charge on any atom is 0.243 e. The van der Waals surface area contributed by atoms with Crippen LogP contribution < -0.4 is 29.2 Å². The molecule has 8 rings (SSSR count). The van der Waals surface area contributed by atoms with Gasteiger partial charge in [-0.3, -0.25) is 9.69 Å². The van der Waals surface area contributed by atoms with E-state index in [1.54, 1.807) is 0 Å². The van der Waals surface area contributed by atoms with Gasteiger partial charge in [-0.1, -0.05) is 6.07 Å². The first-order chi connectivity index (χ1) is 24.3. The van der Waals surface area contributed by atoms with E-state index >= 15 is 0 Å². The second-order valence-corrected chi connectivity index (χ2v) is 14.4. The zero-order valence-corrected chi connectivity index (χ0v) is 27.9. The second kappa shape index (κ2) is 13.4. The molecule has 1 amide bonds. The highest BCUT2D eigenvalue weighted by atomic mass is 32.2. The van der Waals surface area contributed by atoms with Crippen molar-refractivity contribution in [3.8, 4) is 34.3 Å². The minimum absolute atomic E-state index is 0.0524. The number of carbonyl (C=O) groups is 1. The summed E-state index contributed by atoms with van der Waals surface area (Å²) in [6.07, 6.45) is 0.908. The van der Waals surface area contributed by atoms with Crippen LogP contribution in [0.5, 0.6) is 23.0 Å². The van der Waals surface area contributed by atoms with E-state index in [4.69, 9.17) is 28.9 Å². The number of ether oxygens (including phenoxy) is 4. The number of carbonyl (C=O) groups excluding carboxylic acids is 1. The Morgan fingerprint density at radius 1 is 0.820 bits per heavy atom. The minimum Gasteiger partial charge on any atom is -0.454 e. The van der Waals surface area contributed by atoms with Gasteiger partial charge in [-0.25, -0.2) is 22.8 Å². The largest absolute Gasteiger partial charge is 0.454 e. The lowest BCUT2D eigenvalue weighted by molar-refractivity contribution is -0.124. The quantitative estimate of drug-likeness (QED) is 0.275. The number of halogens is 1. The van der Waals surface area contributed by atoms with Crippen LogP contribution in [0.15, 0.2) is 71.6 Å². The predicted molar refractivity (Wildman–Crippen MR) is 179 cm³/mol. The molecule has 260 valence electrons. The highest BCUT2D eigenvalue weighted by molar-refractivity contribution is 7.89. The Balaban J connectivity index is 0.989. The van der Waals surface area contributed by atoms with Gasteiger partial charge in [-0.2, -0.15) is 4.31 Å². The molecule has 3 aromatic carbocycles. The number of piperazine rings is 1. The van der Waals surface area contributed by atoms with Gasteiger partial charge < -0.3 is 29.2 Å². The Labute approximate surface area is 288 Å². The summed E-state index contributed by atoms with van der Waals surface area (Å²) >= 11 is 0. The smallest absolute Gasteiger partial charge is 0.243 e. The number of rotatable bonds is 9. The van der Waals surface area contributed by atoms with Crippen LogP contribution in [0.25, 0.3) is 11.3 Å². The lowest BCUT2D eigenvalue weighted by Crippen LogP contribution is -2.47. The monoisotopic (exact) mass is 702 g/mol. The Hall–Kier alpha value is -4.99. The molecule has 4 aromatic rings. The van der Waals surface area contributed by atoms with Gasteiger partial charge in [0.1, 0.15) is 11.9 Å². The third-order valence-electron chi connectivity index (χ3n) is 9.30. The van der Waals surface area contributed by atoms with E-state index in [0.717, 1.165) is 54.4 Å². The molecule has 4 aliphatic rings. The van der Waals surface area contributed by atoms with Gasteiger partial charge >= 0.3 is 0 Å². The lowest BCUT2D eigenvalue weighted by atomic mass is 10.1. The average molecular weight is 703 g/mol. The maximum atomic E-state index is 13.5. The number of hydrogen-bond donors (Lipinski definition) is 1. The first kappa shape index (κ1) is 32.2. The first-order valence-electron chi connectivity index (χ1n) is 16.5. The van der Waals surface area contributed by atoms with Crippen molar-refractivity contribution >= 4 is 21.9 Å². The van der Waals surface area contributed by atoms with Gasteiger partial charge in [0.05, 0.1) is 22.8 Å². The number of anilines is 1. The van der Waals surface area contributed by atoms with E-state index in [9.17, 15) is 17.6 Å². The molecule has 0 radical (unpaired) electrons. The van der Waals surface area contributed by atoms with Crippen LogP contribution in [-0.4, -0.2) is 85.8 Å². The second-order valence-electron chi connectivity index (χ2n) is 12.5. The van der Waals surface area contributed by atoms with Crippen molar-refractivity contribution < 1.29 is 36.6 Å². The molecular formula is C35H35FN6O7S. The third-order valence-corrected chi connectivity index (χ3v) is 11.2. The molecule has 50 heavy (non-hydrogen) atoms. The van der Waals surface area contributed by atoms with Crippen molar-refractivity contribution in [3.63, 3.8) is 0 Å². The molecule has 1 aromatic heterocycles. The maximum absolute atomic E-state index is 13.5. The molecular weight excluding hydrogens is 667 g/mol. The molecule has 13 nitrogen and oxygen atoms in total. The molecule has 0 bridgehead atoms. The number of nitrogens with zero attached hydrogens (tertiary/aromatic N) is 5. The van der Waals surface area contributed by atoms with E-state index in [0.29, 0.717) is 54.8 Å². The number of nitrogens with one attached hydrogen (secondary N) is 1. The summed E-state index contributed by atoms with van der Waals surface area (Å²) in [5.41, 5.74) is 3.18.